The molecule has 0 aliphatic carbocycles. The number of sulfonamides is 1. The minimum absolute atomic E-state index is 0.128. The number of nitrogens with one attached hydrogen (secondary N) is 2. The molecule has 8 heteroatoms. The molecule has 128 valence electrons. The molecule has 3 N–H and O–H groups in total. The zero-order chi connectivity index (χ0) is 18.0. The van der Waals surface area contributed by atoms with Crippen molar-refractivity contribution in [1.82, 2.24) is 9.97 Å². The Balaban J connectivity index is 2.11. The van der Waals surface area contributed by atoms with E-state index in [0.717, 1.165) is 6.26 Å². The number of nitrogens with zero attached hydrogens (tertiary/aromatic N) is 1. The molecule has 0 unspecified atom stereocenters. The second kappa shape index (κ2) is 6.40. The number of aromatic amines is 1. The van der Waals surface area contributed by atoms with E-state index in [2.05, 4.69) is 14.7 Å². The number of hydrogen-bond acceptors (Lipinski definition) is 4. The molecule has 3 rings (SSSR count). The maximum atomic E-state index is 11.6. The summed E-state index contributed by atoms with van der Waals surface area (Å²) in [5.41, 5.74) is 2.13. The van der Waals surface area contributed by atoms with Gasteiger partial charge in [0.1, 0.15) is 5.65 Å². The number of benzene rings is 1. The van der Waals surface area contributed by atoms with Crippen LogP contribution in [0.4, 0.5) is 5.69 Å². The first-order valence-corrected chi connectivity index (χ1v) is 9.18. The lowest BCUT2D eigenvalue weighted by Crippen LogP contribution is -2.09. The third-order valence-corrected chi connectivity index (χ3v) is 4.09. The van der Waals surface area contributed by atoms with Crippen LogP contribution in [-0.2, 0) is 14.8 Å². The monoisotopic (exact) mass is 357 g/mol. The topological polar surface area (TPSA) is 112 Å². The summed E-state index contributed by atoms with van der Waals surface area (Å²) in [6, 6.07) is 10.4. The van der Waals surface area contributed by atoms with Gasteiger partial charge in [-0.1, -0.05) is 30.3 Å². The van der Waals surface area contributed by atoms with E-state index in [1.807, 2.05) is 6.07 Å². The van der Waals surface area contributed by atoms with Crippen molar-refractivity contribution >= 4 is 44.4 Å². The van der Waals surface area contributed by atoms with Crippen molar-refractivity contribution in [3.63, 3.8) is 0 Å². The van der Waals surface area contributed by atoms with Crippen LogP contribution < -0.4 is 4.72 Å². The molecule has 3 aromatic rings. The molecule has 0 spiro atoms. The van der Waals surface area contributed by atoms with Crippen molar-refractivity contribution in [1.29, 1.82) is 0 Å². The van der Waals surface area contributed by atoms with Crippen molar-refractivity contribution in [3.05, 3.63) is 59.9 Å². The van der Waals surface area contributed by atoms with Gasteiger partial charge >= 0.3 is 5.97 Å². The quantitative estimate of drug-likeness (QED) is 0.608. The molecule has 0 saturated carbocycles. The van der Waals surface area contributed by atoms with Gasteiger partial charge in [-0.25, -0.2) is 18.2 Å². The van der Waals surface area contributed by atoms with E-state index in [-0.39, 0.29) is 5.57 Å². The predicted octanol–water partition coefficient (Wildman–Crippen LogP) is 2.56. The molecule has 0 fully saturated rings. The van der Waals surface area contributed by atoms with Gasteiger partial charge in [-0.2, -0.15) is 0 Å². The molecule has 0 aliphatic heterocycles. The normalized spacial score (nSPS) is 12.3. The molecule has 1 aromatic carbocycles. The highest BCUT2D eigenvalue weighted by molar-refractivity contribution is 7.92. The number of pyridine rings is 1. The lowest BCUT2D eigenvalue weighted by Gasteiger charge is -2.04. The standard InChI is InChI=1S/C17H15N3O4S/c1-25(23,24)20-13-8-14-12(9-18-16(14)19-10-13)7-15(17(21)22)11-5-3-2-4-6-11/h2-10,20H,1H3,(H,18,19)(H,21,22)/b15-7+. The second-order valence-corrected chi connectivity index (χ2v) is 7.22. The molecule has 0 aliphatic rings. The number of carboxylic acids is 1. The minimum Gasteiger partial charge on any atom is -0.478 e. The number of fused-ring (bicyclic) bond motifs is 1. The average molecular weight is 357 g/mol. The van der Waals surface area contributed by atoms with Gasteiger partial charge in [-0.05, 0) is 17.7 Å². The predicted molar refractivity (Wildman–Crippen MR) is 96.5 cm³/mol. The molecule has 0 amide bonds. The van der Waals surface area contributed by atoms with E-state index in [1.165, 1.54) is 12.3 Å². The van der Waals surface area contributed by atoms with Crippen LogP contribution in [0.1, 0.15) is 11.1 Å². The summed E-state index contributed by atoms with van der Waals surface area (Å²) in [5.74, 6) is -1.06. The van der Waals surface area contributed by atoms with Gasteiger partial charge in [0, 0.05) is 17.1 Å². The van der Waals surface area contributed by atoms with E-state index >= 15 is 0 Å². The number of hydrogen-bond donors (Lipinski definition) is 3. The zero-order valence-electron chi connectivity index (χ0n) is 13.2. The Bertz CT molecular complexity index is 1070. The van der Waals surface area contributed by atoms with Gasteiger partial charge in [-0.15, -0.1) is 0 Å². The van der Waals surface area contributed by atoms with Crippen molar-refractivity contribution in [3.8, 4) is 0 Å². The number of rotatable bonds is 5. The summed E-state index contributed by atoms with van der Waals surface area (Å²) in [6.45, 7) is 0. The van der Waals surface area contributed by atoms with E-state index < -0.39 is 16.0 Å². The van der Waals surface area contributed by atoms with Crippen molar-refractivity contribution in [2.75, 3.05) is 11.0 Å². The third-order valence-electron chi connectivity index (χ3n) is 3.48. The maximum Gasteiger partial charge on any atom is 0.336 e. The summed E-state index contributed by atoms with van der Waals surface area (Å²) in [6.07, 6.45) is 5.60. The van der Waals surface area contributed by atoms with E-state index in [0.29, 0.717) is 27.8 Å². The smallest absolute Gasteiger partial charge is 0.336 e. The fraction of sp³-hybridized carbons (Fsp3) is 0.0588. The van der Waals surface area contributed by atoms with Crippen LogP contribution in [0.5, 0.6) is 0 Å². The maximum absolute atomic E-state index is 11.6. The Morgan fingerprint density at radius 2 is 2.00 bits per heavy atom. The van der Waals surface area contributed by atoms with Crippen LogP contribution in [0.25, 0.3) is 22.7 Å². The summed E-state index contributed by atoms with van der Waals surface area (Å²) < 4.78 is 25.1. The molecule has 0 bridgehead atoms. The Hall–Kier alpha value is -3.13. The van der Waals surface area contributed by atoms with Crippen molar-refractivity contribution in [2.24, 2.45) is 0 Å². The van der Waals surface area contributed by atoms with Crippen LogP contribution in [0.2, 0.25) is 0 Å². The van der Waals surface area contributed by atoms with Crippen LogP contribution in [0.3, 0.4) is 0 Å². The lowest BCUT2D eigenvalue weighted by atomic mass is 10.0. The Labute approximate surface area is 144 Å². The van der Waals surface area contributed by atoms with E-state index in [9.17, 15) is 18.3 Å². The molecular weight excluding hydrogens is 342 g/mol. The van der Waals surface area contributed by atoms with Gasteiger partial charge in [0.05, 0.1) is 23.7 Å². The highest BCUT2D eigenvalue weighted by Gasteiger charge is 2.13. The summed E-state index contributed by atoms with van der Waals surface area (Å²) >= 11 is 0. The summed E-state index contributed by atoms with van der Waals surface area (Å²) in [7, 11) is -3.43. The number of carboxylic acid groups (broad SMARTS) is 1. The number of aromatic nitrogens is 2. The Morgan fingerprint density at radius 1 is 1.28 bits per heavy atom. The summed E-state index contributed by atoms with van der Waals surface area (Å²) in [4.78, 5) is 18.7. The van der Waals surface area contributed by atoms with Crippen molar-refractivity contribution < 1.29 is 18.3 Å². The highest BCUT2D eigenvalue weighted by Crippen LogP contribution is 2.25. The van der Waals surface area contributed by atoms with E-state index in [1.54, 1.807) is 36.5 Å². The molecule has 25 heavy (non-hydrogen) atoms. The molecular formula is C17H15N3O4S. The average Bonchev–Trinajstić information content (AvgIpc) is 2.94. The number of aliphatic carboxylic acids is 1. The number of carbonyl (C=O) groups is 1. The second-order valence-electron chi connectivity index (χ2n) is 5.47. The van der Waals surface area contributed by atoms with Gasteiger partial charge in [0.2, 0.25) is 10.0 Å². The van der Waals surface area contributed by atoms with Gasteiger partial charge < -0.3 is 10.1 Å². The first-order chi connectivity index (χ1) is 11.8. The van der Waals surface area contributed by atoms with Crippen LogP contribution in [0.15, 0.2) is 48.8 Å². The zero-order valence-corrected chi connectivity index (χ0v) is 14.0. The first-order valence-electron chi connectivity index (χ1n) is 7.29. The van der Waals surface area contributed by atoms with Gasteiger partial charge in [-0.3, -0.25) is 4.72 Å². The van der Waals surface area contributed by atoms with Gasteiger partial charge in [0.15, 0.2) is 0 Å². The fourth-order valence-corrected chi connectivity index (χ4v) is 2.99. The summed E-state index contributed by atoms with van der Waals surface area (Å²) in [5, 5.41) is 10.1. The SMILES string of the molecule is CS(=O)(=O)Nc1cnc2[nH]cc(/C=C(/C(=O)O)c3ccccc3)c2c1. The van der Waals surface area contributed by atoms with Gasteiger partial charge in [0.25, 0.3) is 0 Å². The Kier molecular flexibility index (Phi) is 4.28. The molecule has 0 radical (unpaired) electrons. The highest BCUT2D eigenvalue weighted by atomic mass is 32.2. The number of anilines is 1. The Morgan fingerprint density at radius 3 is 2.64 bits per heavy atom. The largest absolute Gasteiger partial charge is 0.478 e. The minimum atomic E-state index is -3.43. The molecule has 0 atom stereocenters. The van der Waals surface area contributed by atoms with Crippen LogP contribution in [-0.4, -0.2) is 35.7 Å². The van der Waals surface area contributed by atoms with Crippen LogP contribution >= 0.6 is 0 Å². The third kappa shape index (κ3) is 3.86. The number of H-pyrrole nitrogens is 1. The first kappa shape index (κ1) is 16.7. The molecule has 2 heterocycles. The molecule has 7 nitrogen and oxygen atoms in total. The lowest BCUT2D eigenvalue weighted by molar-refractivity contribution is -0.130. The molecule has 0 saturated heterocycles. The fourth-order valence-electron chi connectivity index (χ4n) is 2.45. The van der Waals surface area contributed by atoms with Crippen LogP contribution in [0, 0.1) is 0 Å². The van der Waals surface area contributed by atoms with E-state index in [4.69, 9.17) is 0 Å². The molecule has 2 aromatic heterocycles. The van der Waals surface area contributed by atoms with Crippen molar-refractivity contribution in [2.45, 2.75) is 0 Å².